The van der Waals surface area contributed by atoms with Gasteiger partial charge < -0.3 is 10.2 Å². The molecule has 17 heavy (non-hydrogen) atoms. The largest absolute Gasteiger partial charge is 0.363 e. The lowest BCUT2D eigenvalue weighted by Crippen LogP contribution is -2.44. The summed E-state index contributed by atoms with van der Waals surface area (Å²) < 4.78 is 0. The predicted molar refractivity (Wildman–Crippen MR) is 76.8 cm³/mol. The molecule has 2 rings (SSSR count). The third-order valence-corrected chi connectivity index (χ3v) is 5.13. The van der Waals surface area contributed by atoms with E-state index in [4.69, 9.17) is 0 Å². The highest BCUT2D eigenvalue weighted by atomic mass is 32.2. The van der Waals surface area contributed by atoms with Crippen molar-refractivity contribution in [1.82, 2.24) is 10.2 Å². The topological polar surface area (TPSA) is 27.6 Å². The summed E-state index contributed by atoms with van der Waals surface area (Å²) in [6.07, 6.45) is 4.06. The van der Waals surface area contributed by atoms with Gasteiger partial charge in [-0.1, -0.05) is 32.0 Å². The van der Waals surface area contributed by atoms with E-state index in [1.54, 1.807) is 0 Å². The highest BCUT2D eigenvalue weighted by Gasteiger charge is 2.24. The van der Waals surface area contributed by atoms with Crippen molar-refractivity contribution < 1.29 is 0 Å². The van der Waals surface area contributed by atoms with Gasteiger partial charge in [0.05, 0.1) is 0 Å². The summed E-state index contributed by atoms with van der Waals surface area (Å²) in [5.74, 6) is 1.18. The molecule has 0 saturated carbocycles. The van der Waals surface area contributed by atoms with Gasteiger partial charge in [-0.05, 0) is 31.8 Å². The minimum atomic E-state index is 0.372. The smallest absolute Gasteiger partial charge is 0.156 e. The number of nitrogens with zero attached hydrogens (tertiary/aromatic N) is 2. The maximum absolute atomic E-state index is 4.64. The van der Waals surface area contributed by atoms with Crippen LogP contribution < -0.4 is 5.32 Å². The fourth-order valence-corrected chi connectivity index (χ4v) is 3.31. The first-order valence-corrected chi connectivity index (χ1v) is 7.67. The summed E-state index contributed by atoms with van der Waals surface area (Å²) in [4.78, 5) is 7.12. The van der Waals surface area contributed by atoms with E-state index in [1.165, 1.54) is 31.6 Å². The van der Waals surface area contributed by atoms with Gasteiger partial charge in [-0.25, -0.2) is 0 Å². The molecule has 0 spiro atoms. The number of nitrogens with one attached hydrogen (secondary N) is 1. The SMILES string of the molecule is CN1CCCCC1CNC1=NCC(C)(C)CS1. The van der Waals surface area contributed by atoms with E-state index in [0.717, 1.165) is 18.3 Å². The van der Waals surface area contributed by atoms with E-state index < -0.39 is 0 Å². The average Bonchev–Trinajstić information content (AvgIpc) is 2.30. The Balaban J connectivity index is 1.77. The van der Waals surface area contributed by atoms with E-state index in [2.05, 4.69) is 36.1 Å². The normalized spacial score (nSPS) is 29.8. The second kappa shape index (κ2) is 5.61. The zero-order chi connectivity index (χ0) is 12.3. The van der Waals surface area contributed by atoms with Crippen LogP contribution in [-0.4, -0.2) is 48.5 Å². The van der Waals surface area contributed by atoms with Gasteiger partial charge >= 0.3 is 0 Å². The molecule has 4 heteroatoms. The van der Waals surface area contributed by atoms with Crippen LogP contribution in [0.3, 0.4) is 0 Å². The Morgan fingerprint density at radius 3 is 2.94 bits per heavy atom. The Bertz CT molecular complexity index is 288. The maximum atomic E-state index is 4.64. The van der Waals surface area contributed by atoms with Crippen LogP contribution in [0.5, 0.6) is 0 Å². The van der Waals surface area contributed by atoms with Crippen molar-refractivity contribution in [1.29, 1.82) is 0 Å². The van der Waals surface area contributed by atoms with Crippen molar-refractivity contribution in [3.63, 3.8) is 0 Å². The van der Waals surface area contributed by atoms with Crippen LogP contribution in [0.4, 0.5) is 0 Å². The molecular weight excluding hydrogens is 230 g/mol. The number of likely N-dealkylation sites (tertiary alicyclic amines) is 1. The lowest BCUT2D eigenvalue weighted by molar-refractivity contribution is 0.187. The second-order valence-electron chi connectivity index (χ2n) is 6.09. The highest BCUT2D eigenvalue weighted by molar-refractivity contribution is 8.13. The van der Waals surface area contributed by atoms with Crippen molar-refractivity contribution in [2.24, 2.45) is 10.4 Å². The minimum absolute atomic E-state index is 0.372. The number of aliphatic imine (C=N–C) groups is 1. The molecule has 0 bridgehead atoms. The zero-order valence-electron chi connectivity index (χ0n) is 11.3. The molecule has 98 valence electrons. The Hall–Kier alpha value is -0.220. The van der Waals surface area contributed by atoms with Gasteiger partial charge in [0.25, 0.3) is 0 Å². The summed E-state index contributed by atoms with van der Waals surface area (Å²) in [6, 6.07) is 0.696. The lowest BCUT2D eigenvalue weighted by atomic mass is 9.97. The molecule has 2 aliphatic rings. The third kappa shape index (κ3) is 3.88. The molecule has 1 saturated heterocycles. The lowest BCUT2D eigenvalue weighted by Gasteiger charge is -2.33. The molecule has 0 aromatic heterocycles. The molecule has 1 fully saturated rings. The van der Waals surface area contributed by atoms with E-state index in [-0.39, 0.29) is 0 Å². The molecule has 1 atom stereocenters. The van der Waals surface area contributed by atoms with Crippen LogP contribution in [-0.2, 0) is 0 Å². The molecule has 1 N–H and O–H groups in total. The monoisotopic (exact) mass is 255 g/mol. The Morgan fingerprint density at radius 2 is 2.29 bits per heavy atom. The average molecular weight is 255 g/mol. The number of hydrogen-bond donors (Lipinski definition) is 1. The third-order valence-electron chi connectivity index (χ3n) is 3.66. The summed E-state index contributed by atoms with van der Waals surface area (Å²) in [7, 11) is 2.24. The van der Waals surface area contributed by atoms with Crippen molar-refractivity contribution in [2.45, 2.75) is 39.2 Å². The highest BCUT2D eigenvalue weighted by Crippen LogP contribution is 2.27. The van der Waals surface area contributed by atoms with E-state index in [9.17, 15) is 0 Å². The molecule has 0 amide bonds. The van der Waals surface area contributed by atoms with Crippen molar-refractivity contribution >= 4 is 16.9 Å². The number of piperidine rings is 1. The van der Waals surface area contributed by atoms with E-state index in [1.807, 2.05) is 11.8 Å². The quantitative estimate of drug-likeness (QED) is 0.819. The molecule has 2 heterocycles. The van der Waals surface area contributed by atoms with Crippen molar-refractivity contribution in [2.75, 3.05) is 32.4 Å². The number of likely N-dealkylation sites (N-methyl/N-ethyl adjacent to an activating group) is 1. The fraction of sp³-hybridized carbons (Fsp3) is 0.923. The molecule has 0 aromatic carbocycles. The van der Waals surface area contributed by atoms with Crippen LogP contribution in [0.15, 0.2) is 4.99 Å². The van der Waals surface area contributed by atoms with Gasteiger partial charge in [0.1, 0.15) is 0 Å². The fourth-order valence-electron chi connectivity index (χ4n) is 2.35. The summed E-state index contributed by atoms with van der Waals surface area (Å²) in [5.41, 5.74) is 0.372. The molecular formula is C13H25N3S. The van der Waals surface area contributed by atoms with Gasteiger partial charge in [0.2, 0.25) is 0 Å². The number of hydrogen-bond acceptors (Lipinski definition) is 4. The molecule has 3 nitrogen and oxygen atoms in total. The first-order valence-electron chi connectivity index (χ1n) is 6.68. The Kier molecular flexibility index (Phi) is 4.36. The number of thioether (sulfide) groups is 1. The van der Waals surface area contributed by atoms with Crippen molar-refractivity contribution in [3.05, 3.63) is 0 Å². The zero-order valence-corrected chi connectivity index (χ0v) is 12.1. The Morgan fingerprint density at radius 1 is 1.47 bits per heavy atom. The van der Waals surface area contributed by atoms with Crippen LogP contribution in [0, 0.1) is 5.41 Å². The van der Waals surface area contributed by atoms with Gasteiger partial charge in [-0.2, -0.15) is 0 Å². The number of rotatable bonds is 2. The van der Waals surface area contributed by atoms with Crippen LogP contribution in [0.25, 0.3) is 0 Å². The van der Waals surface area contributed by atoms with Gasteiger partial charge in [-0.3, -0.25) is 4.99 Å². The predicted octanol–water partition coefficient (Wildman–Crippen LogP) is 2.19. The summed E-state index contributed by atoms with van der Waals surface area (Å²) in [5, 5.41) is 4.69. The summed E-state index contributed by atoms with van der Waals surface area (Å²) >= 11 is 1.88. The van der Waals surface area contributed by atoms with E-state index in [0.29, 0.717) is 11.5 Å². The van der Waals surface area contributed by atoms with Gasteiger partial charge in [0.15, 0.2) is 5.17 Å². The second-order valence-corrected chi connectivity index (χ2v) is 7.05. The van der Waals surface area contributed by atoms with Gasteiger partial charge in [-0.15, -0.1) is 0 Å². The standard InChI is InChI=1S/C13H25N3S/c1-13(2)9-15-12(17-10-13)14-8-11-6-4-5-7-16(11)3/h11H,4-10H2,1-3H3,(H,14,15). The van der Waals surface area contributed by atoms with Crippen LogP contribution >= 0.6 is 11.8 Å². The molecule has 1 unspecified atom stereocenters. The minimum Gasteiger partial charge on any atom is -0.363 e. The molecule has 0 aromatic rings. The van der Waals surface area contributed by atoms with Gasteiger partial charge in [0, 0.05) is 24.9 Å². The molecule has 0 aliphatic carbocycles. The molecule has 0 radical (unpaired) electrons. The summed E-state index contributed by atoms with van der Waals surface area (Å²) in [6.45, 7) is 7.84. The number of amidine groups is 1. The first-order chi connectivity index (χ1) is 8.07. The van der Waals surface area contributed by atoms with E-state index >= 15 is 0 Å². The van der Waals surface area contributed by atoms with Crippen LogP contribution in [0.2, 0.25) is 0 Å². The maximum Gasteiger partial charge on any atom is 0.156 e. The van der Waals surface area contributed by atoms with Crippen LogP contribution in [0.1, 0.15) is 33.1 Å². The first kappa shape index (κ1) is 13.2. The molecule has 2 aliphatic heterocycles. The Labute approximate surface area is 109 Å². The van der Waals surface area contributed by atoms with Crippen molar-refractivity contribution in [3.8, 4) is 0 Å².